The van der Waals surface area contributed by atoms with E-state index in [0.717, 1.165) is 5.69 Å². The van der Waals surface area contributed by atoms with E-state index in [1.807, 2.05) is 42.5 Å². The van der Waals surface area contributed by atoms with Crippen molar-refractivity contribution < 1.29 is 9.53 Å². The molecule has 0 aliphatic heterocycles. The number of benzene rings is 2. The zero-order valence-electron chi connectivity index (χ0n) is 11.5. The maximum absolute atomic E-state index is 12.3. The number of carbonyl (C=O) groups is 1. The van der Waals surface area contributed by atoms with Crippen molar-refractivity contribution >= 4 is 11.6 Å². The van der Waals surface area contributed by atoms with Crippen molar-refractivity contribution in [1.29, 1.82) is 0 Å². The van der Waals surface area contributed by atoms with Crippen molar-refractivity contribution in [2.24, 2.45) is 5.73 Å². The number of amides is 1. The second-order valence-electron chi connectivity index (χ2n) is 4.36. The molecule has 0 saturated heterocycles. The van der Waals surface area contributed by atoms with Crippen LogP contribution in [-0.4, -0.2) is 26.1 Å². The number of ether oxygens (including phenoxy) is 1. The summed E-state index contributed by atoms with van der Waals surface area (Å²) in [5.74, 6) is 0.655. The molecular formula is C16H18N2O2. The standard InChI is InChI=1S/C16H18N2O2/c1-18(16(19)13-6-3-2-4-7-13)14-8-5-9-15(12-14)20-11-10-17/h2-9,12H,10-11,17H2,1H3. The van der Waals surface area contributed by atoms with Gasteiger partial charge in [-0.2, -0.15) is 0 Å². The van der Waals surface area contributed by atoms with Crippen LogP contribution in [0.15, 0.2) is 54.6 Å². The summed E-state index contributed by atoms with van der Waals surface area (Å²) in [6, 6.07) is 16.6. The van der Waals surface area contributed by atoms with Gasteiger partial charge in [-0.25, -0.2) is 0 Å². The van der Waals surface area contributed by atoms with E-state index >= 15 is 0 Å². The Labute approximate surface area is 118 Å². The van der Waals surface area contributed by atoms with E-state index in [0.29, 0.717) is 24.5 Å². The molecule has 0 atom stereocenters. The van der Waals surface area contributed by atoms with Crippen LogP contribution >= 0.6 is 0 Å². The van der Waals surface area contributed by atoms with Gasteiger partial charge < -0.3 is 15.4 Å². The molecule has 4 heteroatoms. The molecule has 0 unspecified atom stereocenters. The normalized spacial score (nSPS) is 10.1. The fraction of sp³-hybridized carbons (Fsp3) is 0.188. The third-order valence-electron chi connectivity index (χ3n) is 2.92. The second-order valence-corrected chi connectivity index (χ2v) is 4.36. The van der Waals surface area contributed by atoms with E-state index in [-0.39, 0.29) is 5.91 Å². The average molecular weight is 270 g/mol. The van der Waals surface area contributed by atoms with Crippen molar-refractivity contribution in [3.63, 3.8) is 0 Å². The minimum atomic E-state index is -0.0541. The van der Waals surface area contributed by atoms with E-state index in [1.54, 1.807) is 24.1 Å². The summed E-state index contributed by atoms with van der Waals surface area (Å²) in [5, 5.41) is 0. The van der Waals surface area contributed by atoms with Crippen molar-refractivity contribution in [3.05, 3.63) is 60.2 Å². The Balaban J connectivity index is 2.16. The zero-order chi connectivity index (χ0) is 14.4. The monoisotopic (exact) mass is 270 g/mol. The van der Waals surface area contributed by atoms with Gasteiger partial charge in [-0.3, -0.25) is 4.79 Å². The third kappa shape index (κ3) is 3.36. The van der Waals surface area contributed by atoms with Gasteiger partial charge in [-0.05, 0) is 24.3 Å². The van der Waals surface area contributed by atoms with Crippen molar-refractivity contribution in [3.8, 4) is 5.75 Å². The Bertz CT molecular complexity index is 570. The van der Waals surface area contributed by atoms with Gasteiger partial charge >= 0.3 is 0 Å². The minimum absolute atomic E-state index is 0.0541. The summed E-state index contributed by atoms with van der Waals surface area (Å²) in [5.41, 5.74) is 6.85. The molecule has 0 aliphatic carbocycles. The Morgan fingerprint density at radius 1 is 1.15 bits per heavy atom. The predicted molar refractivity (Wildman–Crippen MR) is 80.2 cm³/mol. The SMILES string of the molecule is CN(C(=O)c1ccccc1)c1cccc(OCCN)c1. The van der Waals surface area contributed by atoms with Crippen LogP contribution in [0.1, 0.15) is 10.4 Å². The molecule has 104 valence electrons. The van der Waals surface area contributed by atoms with E-state index < -0.39 is 0 Å². The largest absolute Gasteiger partial charge is 0.492 e. The van der Waals surface area contributed by atoms with Crippen LogP contribution in [0.5, 0.6) is 5.75 Å². The first-order chi connectivity index (χ1) is 9.72. The number of anilines is 1. The summed E-state index contributed by atoms with van der Waals surface area (Å²) in [6.45, 7) is 0.919. The van der Waals surface area contributed by atoms with Crippen LogP contribution in [0, 0.1) is 0 Å². The number of rotatable bonds is 5. The molecule has 2 aromatic carbocycles. The van der Waals surface area contributed by atoms with Crippen LogP contribution in [-0.2, 0) is 0 Å². The lowest BCUT2D eigenvalue weighted by Crippen LogP contribution is -2.26. The maximum Gasteiger partial charge on any atom is 0.258 e. The van der Waals surface area contributed by atoms with E-state index in [4.69, 9.17) is 10.5 Å². The van der Waals surface area contributed by atoms with Crippen LogP contribution in [0.25, 0.3) is 0 Å². The highest BCUT2D eigenvalue weighted by Crippen LogP contribution is 2.21. The highest BCUT2D eigenvalue weighted by molar-refractivity contribution is 6.05. The van der Waals surface area contributed by atoms with Crippen molar-refractivity contribution in [2.45, 2.75) is 0 Å². The number of nitrogens with zero attached hydrogens (tertiary/aromatic N) is 1. The molecule has 0 fully saturated rings. The van der Waals surface area contributed by atoms with Gasteiger partial charge in [0.2, 0.25) is 0 Å². The van der Waals surface area contributed by atoms with Crippen LogP contribution in [0.2, 0.25) is 0 Å². The van der Waals surface area contributed by atoms with Gasteiger partial charge in [0.1, 0.15) is 12.4 Å². The molecule has 0 bridgehead atoms. The second kappa shape index (κ2) is 6.73. The number of hydrogen-bond donors (Lipinski definition) is 1. The quantitative estimate of drug-likeness (QED) is 0.907. The molecule has 4 nitrogen and oxygen atoms in total. The Kier molecular flexibility index (Phi) is 4.74. The van der Waals surface area contributed by atoms with Crippen LogP contribution in [0.3, 0.4) is 0 Å². The fourth-order valence-corrected chi connectivity index (χ4v) is 1.85. The smallest absolute Gasteiger partial charge is 0.258 e. The molecule has 0 aromatic heterocycles. The summed E-state index contributed by atoms with van der Waals surface area (Å²) in [4.78, 5) is 13.9. The fourth-order valence-electron chi connectivity index (χ4n) is 1.85. The highest BCUT2D eigenvalue weighted by atomic mass is 16.5. The summed E-state index contributed by atoms with van der Waals surface area (Å²) >= 11 is 0. The molecule has 0 spiro atoms. The highest BCUT2D eigenvalue weighted by Gasteiger charge is 2.13. The molecule has 0 radical (unpaired) electrons. The Hall–Kier alpha value is -2.33. The van der Waals surface area contributed by atoms with Gasteiger partial charge in [-0.1, -0.05) is 24.3 Å². The Morgan fingerprint density at radius 2 is 1.90 bits per heavy atom. The van der Waals surface area contributed by atoms with Gasteiger partial charge in [0.05, 0.1) is 0 Å². The molecule has 20 heavy (non-hydrogen) atoms. The number of carbonyl (C=O) groups excluding carboxylic acids is 1. The van der Waals surface area contributed by atoms with Gasteiger partial charge in [-0.15, -0.1) is 0 Å². The molecule has 1 amide bonds. The van der Waals surface area contributed by atoms with Gasteiger partial charge in [0.15, 0.2) is 0 Å². The molecule has 2 aromatic rings. The van der Waals surface area contributed by atoms with Gasteiger partial charge in [0.25, 0.3) is 5.91 Å². The lowest BCUT2D eigenvalue weighted by Gasteiger charge is -2.18. The van der Waals surface area contributed by atoms with Crippen molar-refractivity contribution in [2.75, 3.05) is 25.1 Å². The molecule has 0 aliphatic rings. The molecule has 2 N–H and O–H groups in total. The zero-order valence-corrected chi connectivity index (χ0v) is 11.5. The molecular weight excluding hydrogens is 252 g/mol. The topological polar surface area (TPSA) is 55.6 Å². The maximum atomic E-state index is 12.3. The predicted octanol–water partition coefficient (Wildman–Crippen LogP) is 2.30. The lowest BCUT2D eigenvalue weighted by molar-refractivity contribution is 0.0993. The number of nitrogens with two attached hydrogens (primary N) is 1. The third-order valence-corrected chi connectivity index (χ3v) is 2.92. The first-order valence-electron chi connectivity index (χ1n) is 6.48. The Morgan fingerprint density at radius 3 is 2.60 bits per heavy atom. The molecule has 2 rings (SSSR count). The number of hydrogen-bond acceptors (Lipinski definition) is 3. The average Bonchev–Trinajstić information content (AvgIpc) is 2.52. The van der Waals surface area contributed by atoms with Crippen molar-refractivity contribution in [1.82, 2.24) is 0 Å². The summed E-state index contributed by atoms with van der Waals surface area (Å²) < 4.78 is 5.47. The first-order valence-corrected chi connectivity index (χ1v) is 6.48. The first kappa shape index (κ1) is 14.1. The van der Waals surface area contributed by atoms with Crippen LogP contribution in [0.4, 0.5) is 5.69 Å². The molecule has 0 heterocycles. The lowest BCUT2D eigenvalue weighted by atomic mass is 10.2. The minimum Gasteiger partial charge on any atom is -0.492 e. The van der Waals surface area contributed by atoms with E-state index in [2.05, 4.69) is 0 Å². The van der Waals surface area contributed by atoms with Gasteiger partial charge in [0, 0.05) is 30.9 Å². The van der Waals surface area contributed by atoms with E-state index in [1.165, 1.54) is 0 Å². The summed E-state index contributed by atoms with van der Waals surface area (Å²) in [7, 11) is 1.75. The van der Waals surface area contributed by atoms with E-state index in [9.17, 15) is 4.79 Å². The summed E-state index contributed by atoms with van der Waals surface area (Å²) in [6.07, 6.45) is 0. The van der Waals surface area contributed by atoms with Crippen LogP contribution < -0.4 is 15.4 Å². The molecule has 0 saturated carbocycles.